The third kappa shape index (κ3) is 5.00. The Morgan fingerprint density at radius 2 is 2.00 bits per heavy atom. The SMILES string of the molecule is COc1cc2c(cc1-n1cc(C[C@H](O)CO)nn1)-c1c(C3CC=CS3)c3c(n1CC2)C(=O)N(C(C)(C)C)CCCC3. The number of nitrogens with zero attached hydrogens (tertiary/aromatic N) is 5. The summed E-state index contributed by atoms with van der Waals surface area (Å²) in [7, 11) is 1.65. The number of carbonyl (C=O) groups excluding carboxylic acids is 1. The van der Waals surface area contributed by atoms with Gasteiger partial charge in [0, 0.05) is 35.9 Å². The van der Waals surface area contributed by atoms with Crippen LogP contribution in [0.4, 0.5) is 0 Å². The average molecular weight is 578 g/mol. The third-order valence-electron chi connectivity index (χ3n) is 8.44. The van der Waals surface area contributed by atoms with E-state index in [4.69, 9.17) is 4.74 Å². The van der Waals surface area contributed by atoms with Gasteiger partial charge in [0.25, 0.3) is 5.91 Å². The largest absolute Gasteiger partial charge is 0.494 e. The molecule has 1 amide bonds. The van der Waals surface area contributed by atoms with Crippen molar-refractivity contribution in [2.75, 3.05) is 20.3 Å². The normalized spacial score (nSPS) is 19.4. The van der Waals surface area contributed by atoms with Crippen LogP contribution in [-0.2, 0) is 25.8 Å². The molecule has 218 valence electrons. The van der Waals surface area contributed by atoms with E-state index in [2.05, 4.69) is 64.2 Å². The summed E-state index contributed by atoms with van der Waals surface area (Å²) in [4.78, 5) is 16.4. The van der Waals surface area contributed by atoms with Gasteiger partial charge in [-0.15, -0.1) is 16.9 Å². The maximum atomic E-state index is 14.4. The molecule has 9 nitrogen and oxygen atoms in total. The first-order chi connectivity index (χ1) is 19.7. The van der Waals surface area contributed by atoms with E-state index in [0.29, 0.717) is 11.4 Å². The fourth-order valence-corrected chi connectivity index (χ4v) is 7.51. The summed E-state index contributed by atoms with van der Waals surface area (Å²) < 4.78 is 9.80. The van der Waals surface area contributed by atoms with Gasteiger partial charge in [0.05, 0.1) is 37.4 Å². The zero-order valence-corrected chi connectivity index (χ0v) is 25.1. The third-order valence-corrected chi connectivity index (χ3v) is 9.55. The number of methoxy groups -OCH3 is 1. The Hall–Kier alpha value is -3.08. The smallest absolute Gasteiger partial charge is 0.271 e. The van der Waals surface area contributed by atoms with Crippen LogP contribution in [0.5, 0.6) is 5.75 Å². The van der Waals surface area contributed by atoms with Gasteiger partial charge in [0.1, 0.15) is 17.1 Å². The number of aromatic nitrogens is 4. The second-order valence-electron chi connectivity index (χ2n) is 12.2. The number of rotatable bonds is 6. The number of hydrogen-bond donors (Lipinski definition) is 2. The lowest BCUT2D eigenvalue weighted by Crippen LogP contribution is -2.47. The zero-order valence-electron chi connectivity index (χ0n) is 24.3. The van der Waals surface area contributed by atoms with Gasteiger partial charge >= 0.3 is 0 Å². The number of thioether (sulfide) groups is 1. The number of fused-ring (bicyclic) bond motifs is 5. The first-order valence-corrected chi connectivity index (χ1v) is 15.4. The molecule has 3 aliphatic heterocycles. The number of aryl methyl sites for hydroxylation is 1. The van der Waals surface area contributed by atoms with E-state index in [0.717, 1.165) is 67.8 Å². The Kier molecular flexibility index (Phi) is 7.50. The average Bonchev–Trinajstić information content (AvgIpc) is 3.69. The van der Waals surface area contributed by atoms with Crippen molar-refractivity contribution in [2.24, 2.45) is 0 Å². The molecule has 5 heterocycles. The number of carbonyl (C=O) groups is 1. The van der Waals surface area contributed by atoms with Crippen molar-refractivity contribution in [3.8, 4) is 22.7 Å². The number of allylic oxidation sites excluding steroid dienone is 1. The number of benzene rings is 1. The van der Waals surface area contributed by atoms with Crippen molar-refractivity contribution in [3.05, 3.63) is 57.9 Å². The Morgan fingerprint density at radius 3 is 2.71 bits per heavy atom. The molecule has 0 aliphatic carbocycles. The van der Waals surface area contributed by atoms with E-state index in [-0.39, 0.29) is 29.7 Å². The number of amides is 1. The highest BCUT2D eigenvalue weighted by molar-refractivity contribution is 8.02. The molecule has 0 saturated heterocycles. The van der Waals surface area contributed by atoms with Crippen molar-refractivity contribution >= 4 is 17.7 Å². The van der Waals surface area contributed by atoms with Gasteiger partial charge < -0.3 is 24.4 Å². The Morgan fingerprint density at radius 1 is 1.17 bits per heavy atom. The van der Waals surface area contributed by atoms with Crippen molar-refractivity contribution in [1.82, 2.24) is 24.5 Å². The molecule has 6 rings (SSSR count). The van der Waals surface area contributed by atoms with Crippen LogP contribution in [0.1, 0.15) is 78.2 Å². The van der Waals surface area contributed by atoms with E-state index in [9.17, 15) is 15.0 Å². The first-order valence-electron chi connectivity index (χ1n) is 14.5. The van der Waals surface area contributed by atoms with Gasteiger partial charge in [-0.25, -0.2) is 4.68 Å². The highest BCUT2D eigenvalue weighted by Crippen LogP contribution is 2.50. The molecule has 3 aromatic rings. The quantitative estimate of drug-likeness (QED) is 0.446. The monoisotopic (exact) mass is 577 g/mol. The molecule has 0 saturated carbocycles. The summed E-state index contributed by atoms with van der Waals surface area (Å²) in [6.07, 6.45) is 8.02. The van der Waals surface area contributed by atoms with Crippen LogP contribution in [0.2, 0.25) is 0 Å². The summed E-state index contributed by atoms with van der Waals surface area (Å²) >= 11 is 1.84. The van der Waals surface area contributed by atoms with Crippen LogP contribution in [0.3, 0.4) is 0 Å². The lowest BCUT2D eigenvalue weighted by atomic mass is 9.91. The molecular formula is C31H39N5O4S. The predicted molar refractivity (Wildman–Crippen MR) is 160 cm³/mol. The van der Waals surface area contributed by atoms with Gasteiger partial charge in [0.15, 0.2) is 0 Å². The van der Waals surface area contributed by atoms with Gasteiger partial charge in [-0.1, -0.05) is 11.3 Å². The predicted octanol–water partition coefficient (Wildman–Crippen LogP) is 4.46. The molecule has 41 heavy (non-hydrogen) atoms. The van der Waals surface area contributed by atoms with Crippen molar-refractivity contribution in [3.63, 3.8) is 0 Å². The molecule has 2 atom stereocenters. The molecule has 2 aromatic heterocycles. The second-order valence-corrected chi connectivity index (χ2v) is 13.3. The number of aliphatic hydroxyl groups is 2. The minimum absolute atomic E-state index is 0.135. The summed E-state index contributed by atoms with van der Waals surface area (Å²) in [6, 6.07) is 4.21. The molecular weight excluding hydrogens is 538 g/mol. The van der Waals surface area contributed by atoms with Crippen LogP contribution in [0.15, 0.2) is 29.8 Å². The summed E-state index contributed by atoms with van der Waals surface area (Å²) in [5.41, 5.74) is 7.87. The number of ether oxygens (including phenoxy) is 1. The molecule has 1 unspecified atom stereocenters. The Bertz CT molecular complexity index is 1490. The highest BCUT2D eigenvalue weighted by Gasteiger charge is 2.39. The van der Waals surface area contributed by atoms with Crippen molar-refractivity contribution in [1.29, 1.82) is 0 Å². The minimum atomic E-state index is -0.890. The summed E-state index contributed by atoms with van der Waals surface area (Å²) in [6.45, 7) is 7.57. The van der Waals surface area contributed by atoms with E-state index in [1.807, 2.05) is 11.8 Å². The van der Waals surface area contributed by atoms with Crippen LogP contribution >= 0.6 is 11.8 Å². The van der Waals surface area contributed by atoms with Gasteiger partial charge in [-0.3, -0.25) is 4.79 Å². The van der Waals surface area contributed by atoms with Crippen LogP contribution in [-0.4, -0.2) is 72.5 Å². The minimum Gasteiger partial charge on any atom is -0.494 e. The van der Waals surface area contributed by atoms with E-state index >= 15 is 0 Å². The molecule has 3 aliphatic rings. The molecule has 0 spiro atoms. The summed E-state index contributed by atoms with van der Waals surface area (Å²) in [5.74, 6) is 0.825. The number of hydrogen-bond acceptors (Lipinski definition) is 7. The van der Waals surface area contributed by atoms with Crippen LogP contribution in [0.25, 0.3) is 16.9 Å². The van der Waals surface area contributed by atoms with Crippen LogP contribution in [0, 0.1) is 0 Å². The number of aliphatic hydroxyl groups excluding tert-OH is 2. The molecule has 0 radical (unpaired) electrons. The van der Waals surface area contributed by atoms with Crippen molar-refractivity contribution < 1.29 is 19.7 Å². The first kappa shape index (κ1) is 28.1. The lowest BCUT2D eigenvalue weighted by molar-refractivity contribution is 0.0558. The topological polar surface area (TPSA) is 106 Å². The summed E-state index contributed by atoms with van der Waals surface area (Å²) in [5, 5.41) is 30.2. The Balaban J connectivity index is 1.55. The zero-order chi connectivity index (χ0) is 28.9. The maximum Gasteiger partial charge on any atom is 0.271 e. The molecule has 1 aromatic carbocycles. The van der Waals surface area contributed by atoms with Gasteiger partial charge in [0.2, 0.25) is 0 Å². The Labute approximate surface area is 245 Å². The molecule has 10 heteroatoms. The van der Waals surface area contributed by atoms with Gasteiger partial charge in [-0.05, 0) is 87.1 Å². The fraction of sp³-hybridized carbons (Fsp3) is 0.516. The molecule has 0 fully saturated rings. The molecule has 0 bridgehead atoms. The lowest BCUT2D eigenvalue weighted by Gasteiger charge is -2.37. The standard InChI is InChI=1S/C31H39N5O4S/c1-31(2,3)35-11-6-5-8-22-27(26-9-7-13-41-26)28-23-16-24(36-17-20(32-33-36)15-21(38)18-37)25(40-4)14-19(23)10-12-34(28)29(22)30(35)39/h7,13-14,16-17,21,26,37-38H,5-6,8-12,15,18H2,1-4H3/t21-,26?/m0/s1. The van der Waals surface area contributed by atoms with E-state index < -0.39 is 6.10 Å². The van der Waals surface area contributed by atoms with Crippen LogP contribution < -0.4 is 4.74 Å². The van der Waals surface area contributed by atoms with Gasteiger partial charge in [-0.2, -0.15) is 0 Å². The molecule has 2 N–H and O–H groups in total. The highest BCUT2D eigenvalue weighted by atomic mass is 32.2. The second kappa shape index (κ2) is 11.0. The maximum absolute atomic E-state index is 14.4. The van der Waals surface area contributed by atoms with E-state index in [1.165, 1.54) is 16.7 Å². The van der Waals surface area contributed by atoms with E-state index in [1.54, 1.807) is 18.0 Å². The fourth-order valence-electron chi connectivity index (χ4n) is 6.49. The van der Waals surface area contributed by atoms with Crippen molar-refractivity contribution in [2.45, 2.75) is 82.7 Å².